The van der Waals surface area contributed by atoms with Crippen LogP contribution in [0.3, 0.4) is 0 Å². The number of benzene rings is 14. The van der Waals surface area contributed by atoms with Crippen LogP contribution in [0.25, 0.3) is 88.4 Å². The van der Waals surface area contributed by atoms with Crippen molar-refractivity contribution in [1.29, 1.82) is 0 Å². The van der Waals surface area contributed by atoms with E-state index in [4.69, 9.17) is 0 Å². The number of nitrogens with zero attached hydrogens (tertiary/aromatic N) is 2. The molecule has 0 amide bonds. The molecule has 0 unspecified atom stereocenters. The van der Waals surface area contributed by atoms with Gasteiger partial charge in [0.05, 0.1) is 11.4 Å². The van der Waals surface area contributed by atoms with Crippen LogP contribution in [0.2, 0.25) is 0 Å². The van der Waals surface area contributed by atoms with Crippen LogP contribution in [0.5, 0.6) is 0 Å². The van der Waals surface area contributed by atoms with Gasteiger partial charge >= 0.3 is 0 Å². The van der Waals surface area contributed by atoms with Crippen molar-refractivity contribution in [2.45, 2.75) is 27.7 Å². The van der Waals surface area contributed by atoms with E-state index in [-0.39, 0.29) is 0 Å². The number of rotatable bonds is 11. The SMILES string of the molecule is Cc1ccc(/C=C/c2ccc(N(c3ccccc3)c3c4ccccc4c4c5c3cccc5c3cccc5c(N(c6ccc(C)cc6)c6ccc(C=C(c7ccc(C)cc7)c7ccc(C)cc7)cc6)c6ccccc6c4c53)cc2)cc1. The predicted molar refractivity (Wildman–Crippen MR) is 346 cm³/mol. The zero-order valence-electron chi connectivity index (χ0n) is 45.5. The largest absolute Gasteiger partial charge is 0.309 e. The van der Waals surface area contributed by atoms with Crippen molar-refractivity contribution in [2.75, 3.05) is 9.80 Å². The number of fused-ring (bicyclic) bond motifs is 6. The molecule has 0 atom stereocenters. The van der Waals surface area contributed by atoms with E-state index in [1.54, 1.807) is 0 Å². The minimum Gasteiger partial charge on any atom is -0.309 e. The van der Waals surface area contributed by atoms with E-state index in [0.717, 1.165) is 39.6 Å². The fourth-order valence-electron chi connectivity index (χ4n) is 12.2. The number of hydrogen-bond donors (Lipinski definition) is 0. The van der Waals surface area contributed by atoms with Gasteiger partial charge in [-0.05, 0) is 148 Å². The normalized spacial score (nSPS) is 11.7. The fraction of sp³-hybridized carbons (Fsp3) is 0.0513. The van der Waals surface area contributed by atoms with Gasteiger partial charge in [-0.25, -0.2) is 0 Å². The Hall–Kier alpha value is -10.0. The Bertz CT molecular complexity index is 4620. The molecule has 14 aromatic carbocycles. The summed E-state index contributed by atoms with van der Waals surface area (Å²) in [5, 5.41) is 14.8. The van der Waals surface area contributed by atoms with Crippen LogP contribution in [-0.2, 0) is 0 Å². The quantitative estimate of drug-likeness (QED) is 0.0724. The van der Waals surface area contributed by atoms with Gasteiger partial charge in [-0.3, -0.25) is 0 Å². The van der Waals surface area contributed by atoms with Gasteiger partial charge in [0.1, 0.15) is 0 Å². The van der Waals surface area contributed by atoms with E-state index < -0.39 is 0 Å². The second-order valence-electron chi connectivity index (χ2n) is 21.6. The zero-order chi connectivity index (χ0) is 53.8. The lowest BCUT2D eigenvalue weighted by Gasteiger charge is -2.31. The average Bonchev–Trinajstić information content (AvgIpc) is 3.69. The van der Waals surface area contributed by atoms with Crippen LogP contribution in [0.4, 0.5) is 34.1 Å². The highest BCUT2D eigenvalue weighted by molar-refractivity contribution is 6.46. The minimum absolute atomic E-state index is 1.09. The Morgan fingerprint density at radius 1 is 0.250 bits per heavy atom. The number of aryl methyl sites for hydroxylation is 4. The van der Waals surface area contributed by atoms with Crippen LogP contribution in [0.1, 0.15) is 50.1 Å². The maximum atomic E-state index is 2.50. The van der Waals surface area contributed by atoms with E-state index in [1.807, 2.05) is 0 Å². The molecule has 2 heteroatoms. The molecule has 2 nitrogen and oxygen atoms in total. The van der Waals surface area contributed by atoms with Crippen molar-refractivity contribution in [2.24, 2.45) is 0 Å². The molecule has 0 saturated heterocycles. The molecular formula is C78H58N2. The molecule has 0 fully saturated rings. The number of para-hydroxylation sites is 1. The second-order valence-corrected chi connectivity index (χ2v) is 21.6. The van der Waals surface area contributed by atoms with Gasteiger partial charge < -0.3 is 9.80 Å². The highest BCUT2D eigenvalue weighted by Gasteiger charge is 2.28. The molecule has 0 aromatic heterocycles. The first-order valence-corrected chi connectivity index (χ1v) is 27.8. The minimum atomic E-state index is 1.09. The van der Waals surface area contributed by atoms with E-state index in [1.165, 1.54) is 115 Å². The predicted octanol–water partition coefficient (Wildman–Crippen LogP) is 22.0. The fourth-order valence-corrected chi connectivity index (χ4v) is 12.2. The van der Waals surface area contributed by atoms with Crippen molar-refractivity contribution in [3.8, 4) is 0 Å². The Labute approximate surface area is 468 Å². The Morgan fingerprint density at radius 3 is 0.988 bits per heavy atom. The van der Waals surface area contributed by atoms with E-state index in [0.29, 0.717) is 0 Å². The van der Waals surface area contributed by atoms with Gasteiger partial charge in [0.15, 0.2) is 0 Å². The molecule has 0 aliphatic rings. The summed E-state index contributed by atoms with van der Waals surface area (Å²) in [6.45, 7) is 8.59. The maximum Gasteiger partial charge on any atom is 0.0619 e. The molecule has 0 N–H and O–H groups in total. The summed E-state index contributed by atoms with van der Waals surface area (Å²) >= 11 is 0. The smallest absolute Gasteiger partial charge is 0.0619 e. The Morgan fingerprint density at radius 2 is 0.550 bits per heavy atom. The van der Waals surface area contributed by atoms with Gasteiger partial charge in [-0.2, -0.15) is 0 Å². The molecule has 380 valence electrons. The van der Waals surface area contributed by atoms with Gasteiger partial charge in [0, 0.05) is 55.1 Å². The maximum absolute atomic E-state index is 2.50. The molecule has 0 aliphatic carbocycles. The average molecular weight is 1020 g/mol. The van der Waals surface area contributed by atoms with Crippen LogP contribution in [-0.4, -0.2) is 0 Å². The molecule has 0 aliphatic heterocycles. The summed E-state index contributed by atoms with van der Waals surface area (Å²) in [5.41, 5.74) is 18.8. The summed E-state index contributed by atoms with van der Waals surface area (Å²) in [7, 11) is 0. The Balaban J connectivity index is 0.992. The first kappa shape index (κ1) is 48.4. The van der Waals surface area contributed by atoms with Gasteiger partial charge in [-0.1, -0.05) is 247 Å². The zero-order valence-corrected chi connectivity index (χ0v) is 45.5. The third kappa shape index (κ3) is 8.54. The van der Waals surface area contributed by atoms with Crippen molar-refractivity contribution in [1.82, 2.24) is 0 Å². The first-order chi connectivity index (χ1) is 39.3. The van der Waals surface area contributed by atoms with Crippen LogP contribution in [0.15, 0.2) is 261 Å². The third-order valence-electron chi connectivity index (χ3n) is 16.2. The molecule has 0 bridgehead atoms. The van der Waals surface area contributed by atoms with Crippen LogP contribution >= 0.6 is 0 Å². The van der Waals surface area contributed by atoms with Crippen LogP contribution in [0, 0.1) is 27.7 Å². The Kier molecular flexibility index (Phi) is 12.1. The summed E-state index contributed by atoms with van der Waals surface area (Å²) in [4.78, 5) is 4.97. The first-order valence-electron chi connectivity index (χ1n) is 27.8. The lowest BCUT2D eigenvalue weighted by Crippen LogP contribution is -2.12. The highest BCUT2D eigenvalue weighted by atomic mass is 15.2. The van der Waals surface area contributed by atoms with Crippen molar-refractivity contribution in [3.63, 3.8) is 0 Å². The summed E-state index contributed by atoms with van der Waals surface area (Å²) in [6, 6.07) is 96.7. The van der Waals surface area contributed by atoms with Crippen molar-refractivity contribution in [3.05, 3.63) is 311 Å². The lowest BCUT2D eigenvalue weighted by atomic mass is 9.83. The highest BCUT2D eigenvalue weighted by Crippen LogP contribution is 2.55. The number of anilines is 6. The molecule has 80 heavy (non-hydrogen) atoms. The summed E-state index contributed by atoms with van der Waals surface area (Å²) < 4.78 is 0. The lowest BCUT2D eigenvalue weighted by molar-refractivity contribution is 1.30. The molecule has 0 saturated carbocycles. The van der Waals surface area contributed by atoms with Gasteiger partial charge in [0.25, 0.3) is 0 Å². The van der Waals surface area contributed by atoms with E-state index in [2.05, 4.69) is 317 Å². The molecule has 0 radical (unpaired) electrons. The third-order valence-corrected chi connectivity index (χ3v) is 16.2. The molecule has 14 rings (SSSR count). The van der Waals surface area contributed by atoms with E-state index in [9.17, 15) is 0 Å². The monoisotopic (exact) mass is 1020 g/mol. The number of hydrogen-bond acceptors (Lipinski definition) is 2. The van der Waals surface area contributed by atoms with Crippen molar-refractivity contribution < 1.29 is 0 Å². The van der Waals surface area contributed by atoms with E-state index >= 15 is 0 Å². The van der Waals surface area contributed by atoms with Crippen molar-refractivity contribution >= 4 is 123 Å². The van der Waals surface area contributed by atoms with Gasteiger partial charge in [0.2, 0.25) is 0 Å². The second kappa shape index (κ2) is 20.1. The topological polar surface area (TPSA) is 6.48 Å². The standard InChI is InChI=1S/C78H58N2/c1-51-24-32-55(33-25-51)34-35-56-36-46-62(47-37-56)79(60-14-6-5-7-15-60)77-68-18-10-8-16-66(68)75-73-64(20-12-22-70(73)77)65-21-13-23-71-74(65)76(75)67-17-9-11-19-69(67)78(71)80(61-44-30-54(4)31-45-61)63-48-38-57(39-49-63)50-72(58-40-26-52(2)27-41-58)59-42-28-53(3)29-43-59/h5-50H,1-4H3/b35-34+. The molecule has 0 heterocycles. The molecular weight excluding hydrogens is 965 g/mol. The summed E-state index contributed by atoms with van der Waals surface area (Å²) in [6.07, 6.45) is 6.73. The summed E-state index contributed by atoms with van der Waals surface area (Å²) in [5.74, 6) is 0. The van der Waals surface area contributed by atoms with Crippen LogP contribution < -0.4 is 9.80 Å². The molecule has 14 aromatic rings. The van der Waals surface area contributed by atoms with Gasteiger partial charge in [-0.15, -0.1) is 0 Å². The molecule has 0 spiro atoms.